The molecule has 2 aliphatic rings. The Labute approximate surface area is 187 Å². The molecule has 31 heavy (non-hydrogen) atoms. The van der Waals surface area contributed by atoms with Gasteiger partial charge >= 0.3 is 0 Å². The standard InChI is InChI=1S/C23H29N3O3S2/c1-26(2)11-16-5-15(12-30-16)13-8-19-21(10-25-22(19)20(9-13)23(24)27)14-6-17-3-4-18(7-14)31(17,28)29/h5,8-10,12,14,17-18,25,28-29H,3-4,6-7,11H2,1-2H3,(H2,24,27)/t14-,17+,18-. The number of nitrogens with one attached hydrogen (secondary N) is 1. The summed E-state index contributed by atoms with van der Waals surface area (Å²) in [6, 6.07) is 6.22. The van der Waals surface area contributed by atoms with E-state index in [-0.39, 0.29) is 16.4 Å². The summed E-state index contributed by atoms with van der Waals surface area (Å²) in [5, 5.41) is 3.14. The number of amides is 1. The summed E-state index contributed by atoms with van der Waals surface area (Å²) in [6.07, 6.45) is 5.36. The van der Waals surface area contributed by atoms with Crippen molar-refractivity contribution in [3.63, 3.8) is 0 Å². The molecule has 2 aliphatic heterocycles. The molecular weight excluding hydrogens is 430 g/mol. The zero-order valence-corrected chi connectivity index (χ0v) is 19.4. The number of carbonyl (C=O) groups excluding carboxylic acids is 1. The first kappa shape index (κ1) is 21.0. The Morgan fingerprint density at radius 1 is 1.19 bits per heavy atom. The number of hydrogen-bond donors (Lipinski definition) is 4. The van der Waals surface area contributed by atoms with Crippen molar-refractivity contribution in [1.29, 1.82) is 0 Å². The molecule has 1 aromatic carbocycles. The highest BCUT2D eigenvalue weighted by molar-refractivity contribution is 8.25. The first-order valence-corrected chi connectivity index (χ1v) is 13.2. The summed E-state index contributed by atoms with van der Waals surface area (Å²) in [5.41, 5.74) is 10.3. The number of nitrogens with two attached hydrogens (primary N) is 1. The molecule has 1 amide bonds. The van der Waals surface area contributed by atoms with Crippen LogP contribution < -0.4 is 5.73 Å². The zero-order valence-electron chi connectivity index (χ0n) is 17.8. The van der Waals surface area contributed by atoms with Crippen molar-refractivity contribution < 1.29 is 13.9 Å². The minimum Gasteiger partial charge on any atom is -0.366 e. The molecule has 6 nitrogen and oxygen atoms in total. The van der Waals surface area contributed by atoms with Gasteiger partial charge in [-0.1, -0.05) is 0 Å². The molecule has 4 heterocycles. The minimum atomic E-state index is -2.47. The average molecular weight is 460 g/mol. The quantitative estimate of drug-likeness (QED) is 0.420. The highest BCUT2D eigenvalue weighted by Crippen LogP contribution is 2.66. The van der Waals surface area contributed by atoms with Gasteiger partial charge in [0, 0.05) is 33.5 Å². The number of thiophene rings is 1. The van der Waals surface area contributed by atoms with E-state index in [0.29, 0.717) is 5.56 Å². The Morgan fingerprint density at radius 3 is 2.55 bits per heavy atom. The molecular formula is C23H29N3O3S2. The van der Waals surface area contributed by atoms with Crippen LogP contribution in [-0.2, 0) is 6.54 Å². The first-order chi connectivity index (χ1) is 14.7. The number of H-pyrrole nitrogens is 1. The van der Waals surface area contributed by atoms with Crippen LogP contribution in [0.1, 0.15) is 52.4 Å². The van der Waals surface area contributed by atoms with E-state index >= 15 is 0 Å². The van der Waals surface area contributed by atoms with Gasteiger partial charge in [-0.3, -0.25) is 13.9 Å². The number of nitrogens with zero attached hydrogens (tertiary/aromatic N) is 1. The van der Waals surface area contributed by atoms with Gasteiger partial charge in [-0.25, -0.2) is 0 Å². The van der Waals surface area contributed by atoms with Gasteiger partial charge in [-0.15, -0.1) is 11.3 Å². The lowest BCUT2D eigenvalue weighted by atomic mass is 9.89. The van der Waals surface area contributed by atoms with E-state index in [4.69, 9.17) is 5.73 Å². The third kappa shape index (κ3) is 3.60. The van der Waals surface area contributed by atoms with Crippen molar-refractivity contribution in [1.82, 2.24) is 9.88 Å². The number of hydrogen-bond acceptors (Lipinski definition) is 5. The van der Waals surface area contributed by atoms with Crippen molar-refractivity contribution in [3.05, 3.63) is 45.8 Å². The van der Waals surface area contributed by atoms with Gasteiger partial charge in [0.2, 0.25) is 0 Å². The molecule has 5 N–H and O–H groups in total. The Kier molecular flexibility index (Phi) is 5.18. The maximum atomic E-state index is 12.3. The molecule has 0 radical (unpaired) electrons. The van der Waals surface area contributed by atoms with E-state index in [9.17, 15) is 13.9 Å². The molecule has 0 saturated carbocycles. The summed E-state index contributed by atoms with van der Waals surface area (Å²) in [6.45, 7) is 0.877. The number of primary amides is 1. The van der Waals surface area contributed by atoms with E-state index in [1.54, 1.807) is 11.3 Å². The van der Waals surface area contributed by atoms with Crippen molar-refractivity contribution in [2.75, 3.05) is 14.1 Å². The highest BCUT2D eigenvalue weighted by Gasteiger charge is 2.47. The van der Waals surface area contributed by atoms with E-state index in [2.05, 4.69) is 41.5 Å². The summed E-state index contributed by atoms with van der Waals surface area (Å²) in [4.78, 5) is 19.0. The summed E-state index contributed by atoms with van der Waals surface area (Å²) in [7, 11) is 1.63. The van der Waals surface area contributed by atoms with Gasteiger partial charge in [0.05, 0.1) is 11.1 Å². The molecule has 0 aliphatic carbocycles. The van der Waals surface area contributed by atoms with Gasteiger partial charge in [0.1, 0.15) is 0 Å². The Morgan fingerprint density at radius 2 is 1.90 bits per heavy atom. The van der Waals surface area contributed by atoms with Crippen molar-refractivity contribution in [2.24, 2.45) is 5.73 Å². The summed E-state index contributed by atoms with van der Waals surface area (Å²) >= 11 is 1.72. The number of rotatable bonds is 5. The zero-order chi connectivity index (χ0) is 21.9. The van der Waals surface area contributed by atoms with Gasteiger partial charge in [-0.05, 0) is 86.0 Å². The van der Waals surface area contributed by atoms with Crippen LogP contribution in [0.4, 0.5) is 0 Å². The van der Waals surface area contributed by atoms with Gasteiger partial charge in [0.15, 0.2) is 0 Å². The summed E-state index contributed by atoms with van der Waals surface area (Å²) in [5.74, 6) is -0.184. The molecule has 2 saturated heterocycles. The van der Waals surface area contributed by atoms with Gasteiger partial charge in [-0.2, -0.15) is 10.6 Å². The lowest BCUT2D eigenvalue weighted by Gasteiger charge is -2.46. The van der Waals surface area contributed by atoms with E-state index in [1.165, 1.54) is 4.88 Å². The van der Waals surface area contributed by atoms with Crippen LogP contribution in [0.15, 0.2) is 29.8 Å². The molecule has 0 unspecified atom stereocenters. The second kappa shape index (κ2) is 7.64. The molecule has 3 aromatic rings. The van der Waals surface area contributed by atoms with E-state index < -0.39 is 16.5 Å². The molecule has 0 spiro atoms. The van der Waals surface area contributed by atoms with Crippen LogP contribution in [0.2, 0.25) is 0 Å². The molecule has 2 fully saturated rings. The third-order valence-electron chi connectivity index (χ3n) is 6.87. The SMILES string of the molecule is CN(C)Cc1cc(-c2cc(C(N)=O)c3[nH]cc([C@H]4C[C@H]5CC[C@@H](C4)S5(O)O)c3c2)cs1. The number of aromatic amines is 1. The maximum Gasteiger partial charge on any atom is 0.250 e. The second-order valence-corrected chi connectivity index (χ2v) is 12.8. The van der Waals surface area contributed by atoms with Crippen LogP contribution in [0.25, 0.3) is 22.0 Å². The van der Waals surface area contributed by atoms with Crippen LogP contribution in [0, 0.1) is 0 Å². The van der Waals surface area contributed by atoms with Gasteiger partial charge < -0.3 is 15.6 Å². The fourth-order valence-electron chi connectivity index (χ4n) is 5.37. The largest absolute Gasteiger partial charge is 0.366 e. The molecule has 5 rings (SSSR count). The lowest BCUT2D eigenvalue weighted by molar-refractivity contribution is 0.100. The average Bonchev–Trinajstić information content (AvgIpc) is 3.34. The normalized spacial score (nSPS) is 25.9. The monoisotopic (exact) mass is 459 g/mol. The smallest absolute Gasteiger partial charge is 0.250 e. The predicted molar refractivity (Wildman–Crippen MR) is 129 cm³/mol. The summed E-state index contributed by atoms with van der Waals surface area (Å²) < 4.78 is 21.1. The van der Waals surface area contributed by atoms with Gasteiger partial charge in [0.25, 0.3) is 5.91 Å². The van der Waals surface area contributed by atoms with Crippen LogP contribution >= 0.6 is 21.9 Å². The Bertz CT molecular complexity index is 1130. The number of fused-ring (bicyclic) bond motifs is 3. The Hall–Kier alpha value is -1.84. The molecule has 2 aromatic heterocycles. The number of benzene rings is 1. The fraction of sp³-hybridized carbons (Fsp3) is 0.435. The van der Waals surface area contributed by atoms with Crippen LogP contribution in [0.5, 0.6) is 0 Å². The van der Waals surface area contributed by atoms with Crippen molar-refractivity contribution >= 4 is 38.7 Å². The van der Waals surface area contributed by atoms with Crippen molar-refractivity contribution in [3.8, 4) is 11.1 Å². The topological polar surface area (TPSA) is 103 Å². The fourth-order valence-corrected chi connectivity index (χ4v) is 8.92. The van der Waals surface area contributed by atoms with E-state index in [0.717, 1.165) is 59.8 Å². The molecule has 3 atom stereocenters. The third-order valence-corrected chi connectivity index (χ3v) is 10.6. The maximum absolute atomic E-state index is 12.3. The molecule has 2 bridgehead atoms. The van der Waals surface area contributed by atoms with Crippen molar-refractivity contribution in [2.45, 2.75) is 48.6 Å². The first-order valence-electron chi connectivity index (χ1n) is 10.7. The van der Waals surface area contributed by atoms with Crippen LogP contribution in [-0.4, -0.2) is 49.5 Å². The second-order valence-electron chi connectivity index (χ2n) is 9.22. The molecule has 166 valence electrons. The molecule has 8 heteroatoms. The minimum absolute atomic E-state index is 0.00883. The van der Waals surface area contributed by atoms with E-state index in [1.807, 2.05) is 12.3 Å². The van der Waals surface area contributed by atoms with Crippen LogP contribution in [0.3, 0.4) is 0 Å². The lowest BCUT2D eigenvalue weighted by Crippen LogP contribution is -2.28. The number of carbonyl (C=O) groups is 1. The Balaban J connectivity index is 1.57. The predicted octanol–water partition coefficient (Wildman–Crippen LogP) is 5.22. The highest BCUT2D eigenvalue weighted by atomic mass is 32.3. The number of aromatic nitrogens is 1.